The lowest BCUT2D eigenvalue weighted by Crippen LogP contribution is -2.47. The van der Waals surface area contributed by atoms with Gasteiger partial charge < -0.3 is 10.4 Å². The van der Waals surface area contributed by atoms with Crippen LogP contribution in [0, 0.1) is 0 Å². The molecule has 84 valence electrons. The average Bonchev–Trinajstić information content (AvgIpc) is 2.12. The molecule has 0 aliphatic carbocycles. The third kappa shape index (κ3) is 7.21. The Morgan fingerprint density at radius 3 is 2.64 bits per heavy atom. The first-order valence-corrected chi connectivity index (χ1v) is 6.17. The third-order valence-electron chi connectivity index (χ3n) is 1.75. The second-order valence-electron chi connectivity index (χ2n) is 4.00. The van der Waals surface area contributed by atoms with Crippen molar-refractivity contribution in [1.29, 1.82) is 0 Å². The maximum Gasteiger partial charge on any atom is 0.230 e. The highest BCUT2D eigenvalue weighted by Crippen LogP contribution is 2.05. The number of aliphatic hydroxyl groups excluding tert-OH is 1. The van der Waals surface area contributed by atoms with Crippen molar-refractivity contribution in [1.82, 2.24) is 5.32 Å². The zero-order valence-electron chi connectivity index (χ0n) is 9.30. The Labute approximate surface area is 90.7 Å². The lowest BCUT2D eigenvalue weighted by Gasteiger charge is -2.23. The lowest BCUT2D eigenvalue weighted by atomic mass is 10.1. The summed E-state index contributed by atoms with van der Waals surface area (Å²) < 4.78 is 0. The molecular weight excluding hydrogens is 198 g/mol. The molecule has 0 bridgehead atoms. The van der Waals surface area contributed by atoms with E-state index >= 15 is 0 Å². The number of thioether (sulfide) groups is 1. The summed E-state index contributed by atoms with van der Waals surface area (Å²) >= 11 is 1.64. The second kappa shape index (κ2) is 7.12. The van der Waals surface area contributed by atoms with Crippen LogP contribution in [0.1, 0.15) is 33.6 Å². The summed E-state index contributed by atoms with van der Waals surface area (Å²) in [5, 5.41) is 11.7. The quantitative estimate of drug-likeness (QED) is 0.636. The topological polar surface area (TPSA) is 49.3 Å². The fourth-order valence-corrected chi connectivity index (χ4v) is 1.76. The van der Waals surface area contributed by atoms with Crippen molar-refractivity contribution < 1.29 is 9.90 Å². The summed E-state index contributed by atoms with van der Waals surface area (Å²) in [4.78, 5) is 11.3. The zero-order valence-corrected chi connectivity index (χ0v) is 10.1. The van der Waals surface area contributed by atoms with E-state index in [9.17, 15) is 4.79 Å². The van der Waals surface area contributed by atoms with Gasteiger partial charge in [-0.3, -0.25) is 4.79 Å². The molecule has 0 aromatic heterocycles. The van der Waals surface area contributed by atoms with Crippen LogP contribution in [-0.4, -0.2) is 34.7 Å². The van der Waals surface area contributed by atoms with E-state index in [0.29, 0.717) is 5.75 Å². The molecule has 0 aliphatic heterocycles. The number of hydrogen-bond acceptors (Lipinski definition) is 3. The van der Waals surface area contributed by atoms with Gasteiger partial charge in [-0.25, -0.2) is 0 Å². The summed E-state index contributed by atoms with van der Waals surface area (Å²) in [6, 6.07) is 0. The van der Waals surface area contributed by atoms with Gasteiger partial charge in [-0.15, -0.1) is 0 Å². The van der Waals surface area contributed by atoms with Gasteiger partial charge >= 0.3 is 0 Å². The lowest BCUT2D eigenvalue weighted by molar-refractivity contribution is -0.120. The molecule has 14 heavy (non-hydrogen) atoms. The highest BCUT2D eigenvalue weighted by Gasteiger charge is 2.18. The van der Waals surface area contributed by atoms with E-state index in [-0.39, 0.29) is 12.5 Å². The van der Waals surface area contributed by atoms with E-state index in [0.717, 1.165) is 18.6 Å². The predicted molar refractivity (Wildman–Crippen MR) is 61.5 cm³/mol. The number of rotatable bonds is 7. The van der Waals surface area contributed by atoms with Crippen LogP contribution in [0.15, 0.2) is 0 Å². The first-order valence-electron chi connectivity index (χ1n) is 5.01. The van der Waals surface area contributed by atoms with Gasteiger partial charge in [0.15, 0.2) is 0 Å². The Morgan fingerprint density at radius 2 is 2.14 bits per heavy atom. The smallest absolute Gasteiger partial charge is 0.230 e. The summed E-state index contributed by atoms with van der Waals surface area (Å²) in [6.45, 7) is 5.72. The van der Waals surface area contributed by atoms with Gasteiger partial charge in [0, 0.05) is 0 Å². The summed E-state index contributed by atoms with van der Waals surface area (Å²) in [5.74, 6) is 1.53. The van der Waals surface area contributed by atoms with Crippen molar-refractivity contribution >= 4 is 17.7 Å². The summed E-state index contributed by atoms with van der Waals surface area (Å²) in [6.07, 6.45) is 2.32. The van der Waals surface area contributed by atoms with E-state index in [2.05, 4.69) is 12.2 Å². The minimum atomic E-state index is -0.498. The van der Waals surface area contributed by atoms with Crippen molar-refractivity contribution in [2.75, 3.05) is 18.1 Å². The van der Waals surface area contributed by atoms with Crippen molar-refractivity contribution in [3.63, 3.8) is 0 Å². The van der Waals surface area contributed by atoms with E-state index < -0.39 is 5.54 Å². The number of amides is 1. The highest BCUT2D eigenvalue weighted by molar-refractivity contribution is 7.99. The SMILES string of the molecule is CCCCSCC(=O)NC(C)(C)CO. The molecule has 0 saturated carbocycles. The fraction of sp³-hybridized carbons (Fsp3) is 0.900. The molecule has 0 atom stereocenters. The Morgan fingerprint density at radius 1 is 1.50 bits per heavy atom. The number of carbonyl (C=O) groups is 1. The van der Waals surface area contributed by atoms with Crippen LogP contribution in [0.25, 0.3) is 0 Å². The fourth-order valence-electron chi connectivity index (χ4n) is 0.864. The maximum atomic E-state index is 11.3. The summed E-state index contributed by atoms with van der Waals surface area (Å²) in [7, 11) is 0. The van der Waals surface area contributed by atoms with Crippen LogP contribution < -0.4 is 5.32 Å². The predicted octanol–water partition coefficient (Wildman–Crippen LogP) is 1.41. The average molecular weight is 219 g/mol. The van der Waals surface area contributed by atoms with E-state index in [1.807, 2.05) is 13.8 Å². The van der Waals surface area contributed by atoms with Gasteiger partial charge in [0.05, 0.1) is 17.9 Å². The Balaban J connectivity index is 3.55. The third-order valence-corrected chi connectivity index (χ3v) is 2.79. The van der Waals surface area contributed by atoms with Crippen molar-refractivity contribution in [2.45, 2.75) is 39.2 Å². The molecule has 0 aromatic rings. The molecule has 3 nitrogen and oxygen atoms in total. The molecule has 0 fully saturated rings. The van der Waals surface area contributed by atoms with Crippen LogP contribution >= 0.6 is 11.8 Å². The largest absolute Gasteiger partial charge is 0.394 e. The highest BCUT2D eigenvalue weighted by atomic mass is 32.2. The number of hydrogen-bond donors (Lipinski definition) is 2. The van der Waals surface area contributed by atoms with Gasteiger partial charge in [0.2, 0.25) is 5.91 Å². The molecule has 0 heterocycles. The van der Waals surface area contributed by atoms with E-state index in [4.69, 9.17) is 5.11 Å². The van der Waals surface area contributed by atoms with Crippen molar-refractivity contribution in [3.05, 3.63) is 0 Å². The standard InChI is InChI=1S/C10H21NO2S/c1-4-5-6-14-7-9(13)11-10(2,3)8-12/h12H,4-8H2,1-3H3,(H,11,13). The molecule has 1 amide bonds. The molecule has 0 saturated heterocycles. The summed E-state index contributed by atoms with van der Waals surface area (Å²) in [5.41, 5.74) is -0.498. The van der Waals surface area contributed by atoms with Crippen LogP contribution in [0.4, 0.5) is 0 Å². The molecule has 4 heteroatoms. The number of aliphatic hydroxyl groups is 1. The van der Waals surface area contributed by atoms with Crippen molar-refractivity contribution in [3.8, 4) is 0 Å². The second-order valence-corrected chi connectivity index (χ2v) is 5.10. The molecule has 0 radical (unpaired) electrons. The minimum absolute atomic E-state index is 0.00477. The Hall–Kier alpha value is -0.220. The monoisotopic (exact) mass is 219 g/mol. The molecule has 0 aliphatic rings. The molecule has 0 unspecified atom stereocenters. The molecule has 0 aromatic carbocycles. The number of nitrogens with one attached hydrogen (secondary N) is 1. The van der Waals surface area contributed by atoms with Gasteiger partial charge in [-0.1, -0.05) is 13.3 Å². The Bertz CT molecular complexity index is 172. The molecule has 0 spiro atoms. The van der Waals surface area contributed by atoms with Gasteiger partial charge in [0.25, 0.3) is 0 Å². The molecular formula is C10H21NO2S. The first kappa shape index (κ1) is 13.8. The van der Waals surface area contributed by atoms with Gasteiger partial charge in [-0.05, 0) is 26.0 Å². The molecule has 0 rings (SSSR count). The van der Waals surface area contributed by atoms with Gasteiger partial charge in [-0.2, -0.15) is 11.8 Å². The van der Waals surface area contributed by atoms with Crippen LogP contribution in [0.5, 0.6) is 0 Å². The van der Waals surface area contributed by atoms with Crippen LogP contribution in [0.3, 0.4) is 0 Å². The number of carbonyl (C=O) groups excluding carboxylic acids is 1. The van der Waals surface area contributed by atoms with Crippen molar-refractivity contribution in [2.24, 2.45) is 0 Å². The maximum absolute atomic E-state index is 11.3. The van der Waals surface area contributed by atoms with E-state index in [1.165, 1.54) is 0 Å². The minimum Gasteiger partial charge on any atom is -0.394 e. The first-order chi connectivity index (χ1) is 6.52. The van der Waals surface area contributed by atoms with Crippen LogP contribution in [0.2, 0.25) is 0 Å². The van der Waals surface area contributed by atoms with Crippen LogP contribution in [-0.2, 0) is 4.79 Å². The Kier molecular flexibility index (Phi) is 7.01. The van der Waals surface area contributed by atoms with Gasteiger partial charge in [0.1, 0.15) is 0 Å². The van der Waals surface area contributed by atoms with E-state index in [1.54, 1.807) is 11.8 Å². The normalized spacial score (nSPS) is 11.4. The zero-order chi connectivity index (χ0) is 11.0. The molecule has 2 N–H and O–H groups in total. The number of unbranched alkanes of at least 4 members (excludes halogenated alkanes) is 1.